The number of H-pyrrole nitrogens is 1. The Morgan fingerprint density at radius 3 is 2.58 bits per heavy atom. The summed E-state index contributed by atoms with van der Waals surface area (Å²) in [5, 5.41) is 11.7. The van der Waals surface area contributed by atoms with Crippen molar-refractivity contribution < 1.29 is 9.72 Å². The first-order valence-electron chi connectivity index (χ1n) is 10.9. The predicted molar refractivity (Wildman–Crippen MR) is 126 cm³/mol. The topological polar surface area (TPSA) is 149 Å². The van der Waals surface area contributed by atoms with Crippen molar-refractivity contribution in [1.29, 1.82) is 0 Å². The number of nitrogens with two attached hydrogens (primary N) is 1. The number of non-ortho nitro benzene ring substituents is 1. The Bertz CT molecular complexity index is 1290. The average molecular weight is 457 g/mol. The highest BCUT2D eigenvalue weighted by Crippen LogP contribution is 2.23. The number of rotatable bonds is 10. The number of unbranched alkanes of at least 4 members (excludes halogenated alkanes) is 2. The summed E-state index contributed by atoms with van der Waals surface area (Å²) in [5.74, 6) is -0.410. The van der Waals surface area contributed by atoms with Crippen LogP contribution >= 0.6 is 0 Å². The van der Waals surface area contributed by atoms with Crippen LogP contribution in [0.1, 0.15) is 39.5 Å². The van der Waals surface area contributed by atoms with Crippen LogP contribution in [0.5, 0.6) is 0 Å². The number of carbonyl (C=O) groups is 1. The van der Waals surface area contributed by atoms with Gasteiger partial charge in [0.15, 0.2) is 5.69 Å². The molecule has 0 radical (unpaired) electrons. The van der Waals surface area contributed by atoms with Crippen molar-refractivity contribution in [1.82, 2.24) is 14.1 Å². The van der Waals surface area contributed by atoms with E-state index in [-0.39, 0.29) is 36.2 Å². The Kier molecular flexibility index (Phi) is 7.31. The number of fused-ring (bicyclic) bond motifs is 1. The average Bonchev–Trinajstić information content (AvgIpc) is 3.17. The van der Waals surface area contributed by atoms with E-state index in [4.69, 9.17) is 5.73 Å². The monoisotopic (exact) mass is 456 g/mol. The van der Waals surface area contributed by atoms with E-state index in [0.717, 1.165) is 12.8 Å². The van der Waals surface area contributed by atoms with Crippen molar-refractivity contribution in [3.8, 4) is 0 Å². The quantitative estimate of drug-likeness (QED) is 0.354. The zero-order valence-electron chi connectivity index (χ0n) is 18.7. The van der Waals surface area contributed by atoms with Crippen molar-refractivity contribution in [2.45, 2.75) is 52.6 Å². The Labute approximate surface area is 189 Å². The van der Waals surface area contributed by atoms with Gasteiger partial charge in [-0.05, 0) is 25.0 Å². The molecule has 0 aliphatic rings. The third-order valence-corrected chi connectivity index (χ3v) is 5.53. The van der Waals surface area contributed by atoms with Crippen LogP contribution < -0.4 is 21.9 Å². The Balaban J connectivity index is 1.99. The first-order valence-corrected chi connectivity index (χ1v) is 10.9. The van der Waals surface area contributed by atoms with Crippen molar-refractivity contribution in [3.05, 3.63) is 61.4 Å². The number of hydrogen-bond donors (Lipinski definition) is 2. The molecule has 176 valence electrons. The van der Waals surface area contributed by atoms with E-state index in [0.29, 0.717) is 30.3 Å². The van der Waals surface area contributed by atoms with Crippen LogP contribution in [0.25, 0.3) is 10.9 Å². The fourth-order valence-corrected chi connectivity index (χ4v) is 3.72. The number of nitrogen functional groups attached to an aromatic ring is 1. The van der Waals surface area contributed by atoms with Gasteiger partial charge in [0.25, 0.3) is 11.2 Å². The summed E-state index contributed by atoms with van der Waals surface area (Å²) in [5.41, 5.74) is 5.50. The number of aromatic amines is 1. The maximum Gasteiger partial charge on any atom is 0.330 e. The highest BCUT2D eigenvalue weighted by Gasteiger charge is 2.24. The van der Waals surface area contributed by atoms with Crippen LogP contribution in [0.15, 0.2) is 40.1 Å². The molecule has 3 aromatic rings. The summed E-state index contributed by atoms with van der Waals surface area (Å²) in [6, 6.07) is 6.10. The first-order chi connectivity index (χ1) is 15.8. The molecular weight excluding hydrogens is 428 g/mol. The molecule has 11 heteroatoms. The van der Waals surface area contributed by atoms with Crippen molar-refractivity contribution in [3.63, 3.8) is 0 Å². The van der Waals surface area contributed by atoms with Gasteiger partial charge in [0.2, 0.25) is 5.91 Å². The molecule has 0 saturated carbocycles. The lowest BCUT2D eigenvalue weighted by atomic mass is 10.2. The van der Waals surface area contributed by atoms with Crippen molar-refractivity contribution in [2.75, 3.05) is 17.2 Å². The largest absolute Gasteiger partial charge is 0.383 e. The van der Waals surface area contributed by atoms with E-state index in [1.165, 1.54) is 21.6 Å². The van der Waals surface area contributed by atoms with Gasteiger partial charge >= 0.3 is 5.69 Å². The normalized spacial score (nSPS) is 11.1. The van der Waals surface area contributed by atoms with Crippen LogP contribution in [-0.4, -0.2) is 31.5 Å². The molecule has 1 aromatic carbocycles. The van der Waals surface area contributed by atoms with Gasteiger partial charge in [0.1, 0.15) is 12.4 Å². The molecule has 1 amide bonds. The molecule has 0 aliphatic heterocycles. The summed E-state index contributed by atoms with van der Waals surface area (Å²) >= 11 is 0. The molecule has 0 unspecified atom stereocenters. The lowest BCUT2D eigenvalue weighted by molar-refractivity contribution is -0.384. The van der Waals surface area contributed by atoms with Gasteiger partial charge in [-0.1, -0.05) is 26.7 Å². The zero-order chi connectivity index (χ0) is 24.1. The standard InChI is InChI=1S/C22H28N6O5/c1-3-5-10-26(19-20(23)27(11-6-4-2)22(31)24-21(19)30)18(29)14-25-12-9-15-13-16(28(32)33)7-8-17(15)25/h7-9,12-13H,3-6,10-11,14,23H2,1-2H3,(H,24,30,31). The molecule has 0 atom stereocenters. The lowest BCUT2D eigenvalue weighted by Crippen LogP contribution is -2.42. The minimum Gasteiger partial charge on any atom is -0.383 e. The number of nitrogens with one attached hydrogen (secondary N) is 1. The Hall–Kier alpha value is -3.89. The summed E-state index contributed by atoms with van der Waals surface area (Å²) < 4.78 is 2.95. The van der Waals surface area contributed by atoms with E-state index in [1.54, 1.807) is 22.9 Å². The molecule has 33 heavy (non-hydrogen) atoms. The van der Waals surface area contributed by atoms with E-state index < -0.39 is 16.2 Å². The minimum absolute atomic E-state index is 0.0312. The van der Waals surface area contributed by atoms with Crippen LogP contribution in [0.3, 0.4) is 0 Å². The fraction of sp³-hybridized carbons (Fsp3) is 0.409. The molecule has 3 N–H and O–H groups in total. The second-order valence-electron chi connectivity index (χ2n) is 7.84. The molecular formula is C22H28N6O5. The minimum atomic E-state index is -0.706. The second kappa shape index (κ2) is 10.2. The second-order valence-corrected chi connectivity index (χ2v) is 7.84. The van der Waals surface area contributed by atoms with Gasteiger partial charge in [0, 0.05) is 42.3 Å². The van der Waals surface area contributed by atoms with Gasteiger partial charge in [-0.3, -0.25) is 29.3 Å². The molecule has 2 aromatic heterocycles. The molecule has 2 heterocycles. The number of nitrogens with zero attached hydrogens (tertiary/aromatic N) is 4. The number of nitro benzene ring substituents is 1. The van der Waals surface area contributed by atoms with E-state index in [1.807, 2.05) is 13.8 Å². The number of carbonyl (C=O) groups excluding carboxylic acids is 1. The molecule has 0 aliphatic carbocycles. The molecule has 0 bridgehead atoms. The Morgan fingerprint density at radius 2 is 1.91 bits per heavy atom. The molecule has 0 spiro atoms. The molecule has 3 rings (SSSR count). The van der Waals surface area contributed by atoms with Crippen LogP contribution in [0.2, 0.25) is 0 Å². The number of nitro groups is 1. The smallest absolute Gasteiger partial charge is 0.330 e. The van der Waals surface area contributed by atoms with Gasteiger partial charge in [-0.25, -0.2) is 4.79 Å². The number of amides is 1. The zero-order valence-corrected chi connectivity index (χ0v) is 18.7. The van der Waals surface area contributed by atoms with Gasteiger partial charge < -0.3 is 15.2 Å². The number of anilines is 2. The van der Waals surface area contributed by atoms with Gasteiger partial charge in [0.05, 0.1) is 4.92 Å². The van der Waals surface area contributed by atoms with Crippen molar-refractivity contribution in [2.24, 2.45) is 0 Å². The van der Waals surface area contributed by atoms with E-state index >= 15 is 0 Å². The predicted octanol–water partition coefficient (Wildman–Crippen LogP) is 2.62. The highest BCUT2D eigenvalue weighted by molar-refractivity contribution is 5.96. The van der Waals surface area contributed by atoms with Crippen LogP contribution in [0, 0.1) is 10.1 Å². The maximum atomic E-state index is 13.4. The molecule has 0 fully saturated rings. The van der Waals surface area contributed by atoms with Gasteiger partial charge in [-0.15, -0.1) is 0 Å². The number of hydrogen-bond acceptors (Lipinski definition) is 6. The van der Waals surface area contributed by atoms with Crippen molar-refractivity contribution >= 4 is 34.0 Å². The molecule has 11 nitrogen and oxygen atoms in total. The first kappa shape index (κ1) is 23.8. The number of aromatic nitrogens is 3. The SMILES string of the molecule is CCCCN(C(=O)Cn1ccc2cc([N+](=O)[O-])ccc21)c1c(N)n(CCCC)c(=O)[nH]c1=O. The summed E-state index contributed by atoms with van der Waals surface area (Å²) in [6.45, 7) is 4.44. The lowest BCUT2D eigenvalue weighted by Gasteiger charge is -2.25. The van der Waals surface area contributed by atoms with E-state index in [2.05, 4.69) is 4.98 Å². The summed E-state index contributed by atoms with van der Waals surface area (Å²) in [6.07, 6.45) is 4.61. The maximum absolute atomic E-state index is 13.4. The fourth-order valence-electron chi connectivity index (χ4n) is 3.72. The third kappa shape index (κ3) is 4.97. The number of benzene rings is 1. The van der Waals surface area contributed by atoms with Gasteiger partial charge in [-0.2, -0.15) is 0 Å². The molecule has 0 saturated heterocycles. The summed E-state index contributed by atoms with van der Waals surface area (Å²) in [4.78, 5) is 52.5. The highest BCUT2D eigenvalue weighted by atomic mass is 16.6. The van der Waals surface area contributed by atoms with E-state index in [9.17, 15) is 24.5 Å². The third-order valence-electron chi connectivity index (χ3n) is 5.53. The Morgan fingerprint density at radius 1 is 1.18 bits per heavy atom. The summed E-state index contributed by atoms with van der Waals surface area (Å²) in [7, 11) is 0. The van der Waals surface area contributed by atoms with Crippen LogP contribution in [-0.2, 0) is 17.9 Å². The van der Waals surface area contributed by atoms with Crippen LogP contribution in [0.4, 0.5) is 17.2 Å².